The Morgan fingerprint density at radius 2 is 2.13 bits per heavy atom. The lowest BCUT2D eigenvalue weighted by Gasteiger charge is -2.10. The van der Waals surface area contributed by atoms with Gasteiger partial charge in [0.25, 0.3) is 11.5 Å². The number of carbonyl (C=O) groups excluding carboxylic acids is 1. The van der Waals surface area contributed by atoms with Crippen molar-refractivity contribution in [2.24, 2.45) is 0 Å². The summed E-state index contributed by atoms with van der Waals surface area (Å²) in [6, 6.07) is 8.92. The first kappa shape index (κ1) is 14.8. The molecule has 0 unspecified atom stereocenters. The van der Waals surface area contributed by atoms with E-state index in [1.54, 1.807) is 24.4 Å². The summed E-state index contributed by atoms with van der Waals surface area (Å²) in [4.78, 5) is 26.9. The van der Waals surface area contributed by atoms with Crippen molar-refractivity contribution >= 4 is 17.2 Å². The van der Waals surface area contributed by atoms with Gasteiger partial charge in [0.1, 0.15) is 5.69 Å². The van der Waals surface area contributed by atoms with Crippen LogP contribution in [0.5, 0.6) is 0 Å². The summed E-state index contributed by atoms with van der Waals surface area (Å²) >= 11 is 0. The van der Waals surface area contributed by atoms with Crippen molar-refractivity contribution in [3.8, 4) is 0 Å². The van der Waals surface area contributed by atoms with Crippen molar-refractivity contribution < 1.29 is 4.79 Å². The number of rotatable bonds is 3. The summed E-state index contributed by atoms with van der Waals surface area (Å²) < 4.78 is 0. The summed E-state index contributed by atoms with van der Waals surface area (Å²) in [6.45, 7) is 2.65. The van der Waals surface area contributed by atoms with E-state index in [1.807, 2.05) is 37.4 Å². The van der Waals surface area contributed by atoms with Crippen LogP contribution in [0.25, 0.3) is 5.57 Å². The number of pyridine rings is 1. The molecule has 0 atom stereocenters. The third-order valence-corrected chi connectivity index (χ3v) is 3.59. The molecule has 0 saturated heterocycles. The fourth-order valence-corrected chi connectivity index (χ4v) is 2.39. The Hall–Kier alpha value is -3.08. The Labute approximate surface area is 133 Å². The quantitative estimate of drug-likeness (QED) is 0.815. The lowest BCUT2D eigenvalue weighted by atomic mass is 10.1. The van der Waals surface area contributed by atoms with Crippen LogP contribution < -0.4 is 16.2 Å². The van der Waals surface area contributed by atoms with Gasteiger partial charge in [0.15, 0.2) is 0 Å². The topological polar surface area (TPSA) is 74.0 Å². The van der Waals surface area contributed by atoms with Crippen LogP contribution in [0.3, 0.4) is 0 Å². The maximum Gasteiger partial charge on any atom is 0.271 e. The van der Waals surface area contributed by atoms with E-state index in [0.717, 1.165) is 23.2 Å². The summed E-state index contributed by atoms with van der Waals surface area (Å²) in [5, 5.41) is 5.75. The number of carbonyl (C=O) groups is 1. The predicted octanol–water partition coefficient (Wildman–Crippen LogP) is 2.44. The van der Waals surface area contributed by atoms with Crippen LogP contribution in [0.1, 0.15) is 21.5 Å². The highest BCUT2D eigenvalue weighted by Crippen LogP contribution is 2.18. The molecule has 0 fully saturated rings. The molecule has 1 aromatic heterocycles. The Balaban J connectivity index is 1.88. The zero-order chi connectivity index (χ0) is 16.2. The maximum atomic E-state index is 12.3. The maximum absolute atomic E-state index is 12.3. The molecule has 116 valence electrons. The van der Waals surface area contributed by atoms with Crippen molar-refractivity contribution in [3.63, 3.8) is 0 Å². The summed E-state index contributed by atoms with van der Waals surface area (Å²) in [7, 11) is 0. The molecule has 1 amide bonds. The van der Waals surface area contributed by atoms with Crippen LogP contribution in [0.4, 0.5) is 5.69 Å². The van der Waals surface area contributed by atoms with E-state index in [-0.39, 0.29) is 17.2 Å². The van der Waals surface area contributed by atoms with E-state index in [9.17, 15) is 9.59 Å². The van der Waals surface area contributed by atoms with E-state index < -0.39 is 0 Å². The fraction of sp³-hybridized carbons (Fsp3) is 0.111. The molecule has 0 bridgehead atoms. The molecule has 3 N–H and O–H groups in total. The molecule has 1 aliphatic rings. The number of anilines is 1. The van der Waals surface area contributed by atoms with E-state index in [0.29, 0.717) is 5.56 Å². The summed E-state index contributed by atoms with van der Waals surface area (Å²) in [6.07, 6.45) is 7.43. The predicted molar refractivity (Wildman–Crippen MR) is 91.3 cm³/mol. The number of benzene rings is 1. The van der Waals surface area contributed by atoms with Gasteiger partial charge in [-0.3, -0.25) is 9.59 Å². The minimum absolute atomic E-state index is 0.238. The summed E-state index contributed by atoms with van der Waals surface area (Å²) in [5.41, 5.74) is 3.27. The average molecular weight is 307 g/mol. The van der Waals surface area contributed by atoms with Crippen LogP contribution in [0.15, 0.2) is 59.7 Å². The number of aromatic nitrogens is 1. The van der Waals surface area contributed by atoms with Crippen LogP contribution in [0, 0.1) is 6.92 Å². The highest BCUT2D eigenvalue weighted by molar-refractivity contribution is 6.04. The Morgan fingerprint density at radius 1 is 1.26 bits per heavy atom. The molecule has 1 aliphatic heterocycles. The fourth-order valence-electron chi connectivity index (χ4n) is 2.39. The van der Waals surface area contributed by atoms with Gasteiger partial charge in [0.05, 0.1) is 0 Å². The molecule has 0 spiro atoms. The zero-order valence-electron chi connectivity index (χ0n) is 12.7. The Kier molecular flexibility index (Phi) is 4.10. The molecule has 2 aromatic rings. The molecular formula is C18H17N3O2. The lowest BCUT2D eigenvalue weighted by Crippen LogP contribution is -2.20. The molecule has 2 heterocycles. The number of amides is 1. The van der Waals surface area contributed by atoms with E-state index in [2.05, 4.69) is 15.6 Å². The largest absolute Gasteiger partial charge is 0.387 e. The van der Waals surface area contributed by atoms with Gasteiger partial charge >= 0.3 is 0 Å². The minimum atomic E-state index is -0.326. The Morgan fingerprint density at radius 3 is 2.87 bits per heavy atom. The van der Waals surface area contributed by atoms with Gasteiger partial charge in [-0.05, 0) is 48.5 Å². The number of hydrogen-bond acceptors (Lipinski definition) is 3. The van der Waals surface area contributed by atoms with Gasteiger partial charge in [-0.1, -0.05) is 23.8 Å². The van der Waals surface area contributed by atoms with Gasteiger partial charge in [0.2, 0.25) is 0 Å². The number of aryl methyl sites for hydroxylation is 1. The first-order chi connectivity index (χ1) is 11.1. The molecule has 23 heavy (non-hydrogen) atoms. The molecule has 0 aliphatic carbocycles. The van der Waals surface area contributed by atoms with Crippen molar-refractivity contribution in [1.82, 2.24) is 10.3 Å². The van der Waals surface area contributed by atoms with Crippen molar-refractivity contribution in [3.05, 3.63) is 81.9 Å². The molecule has 0 saturated carbocycles. The van der Waals surface area contributed by atoms with Crippen LogP contribution in [-0.4, -0.2) is 17.4 Å². The minimum Gasteiger partial charge on any atom is -0.387 e. The molecule has 1 aromatic carbocycles. The number of aromatic amines is 1. The van der Waals surface area contributed by atoms with E-state index in [1.165, 1.54) is 0 Å². The normalized spacial score (nSPS) is 13.2. The number of H-pyrrole nitrogens is 1. The number of nitrogens with one attached hydrogen (secondary N) is 3. The van der Waals surface area contributed by atoms with Crippen LogP contribution in [0.2, 0.25) is 0 Å². The van der Waals surface area contributed by atoms with E-state index in [4.69, 9.17) is 0 Å². The highest BCUT2D eigenvalue weighted by Gasteiger charge is 2.10. The SMILES string of the molecule is Cc1cccc(C(=O)Nc2cc(C3=CCNC=C3)c[nH]c2=O)c1. The molecule has 5 heteroatoms. The van der Waals surface area contributed by atoms with Gasteiger partial charge in [-0.15, -0.1) is 0 Å². The van der Waals surface area contributed by atoms with Gasteiger partial charge < -0.3 is 15.6 Å². The van der Waals surface area contributed by atoms with Crippen molar-refractivity contribution in [2.75, 3.05) is 11.9 Å². The number of dihydropyridines is 1. The third kappa shape index (κ3) is 3.40. The number of hydrogen-bond donors (Lipinski definition) is 3. The molecule has 5 nitrogen and oxygen atoms in total. The highest BCUT2D eigenvalue weighted by atomic mass is 16.2. The summed E-state index contributed by atoms with van der Waals surface area (Å²) in [5.74, 6) is -0.300. The van der Waals surface area contributed by atoms with Crippen LogP contribution >= 0.6 is 0 Å². The van der Waals surface area contributed by atoms with Crippen molar-refractivity contribution in [1.29, 1.82) is 0 Å². The standard InChI is InChI=1S/C18H17N3O2/c1-12-3-2-4-14(9-12)17(22)21-16-10-15(11-20-18(16)23)13-5-7-19-8-6-13/h2-7,9-11,19H,8H2,1H3,(H,20,23)(H,21,22). The Bertz CT molecular complexity index is 863. The second kappa shape index (κ2) is 6.36. The van der Waals surface area contributed by atoms with Gasteiger partial charge in [0, 0.05) is 18.3 Å². The first-order valence-electron chi connectivity index (χ1n) is 7.35. The monoisotopic (exact) mass is 307 g/mol. The number of allylic oxidation sites excluding steroid dienone is 2. The zero-order valence-corrected chi connectivity index (χ0v) is 12.7. The van der Waals surface area contributed by atoms with Crippen LogP contribution in [-0.2, 0) is 0 Å². The average Bonchev–Trinajstić information content (AvgIpc) is 2.57. The second-order valence-corrected chi connectivity index (χ2v) is 5.36. The van der Waals surface area contributed by atoms with Gasteiger partial charge in [-0.2, -0.15) is 0 Å². The molecule has 3 rings (SSSR count). The smallest absolute Gasteiger partial charge is 0.271 e. The van der Waals surface area contributed by atoms with Crippen molar-refractivity contribution in [2.45, 2.75) is 6.92 Å². The second-order valence-electron chi connectivity index (χ2n) is 5.36. The first-order valence-corrected chi connectivity index (χ1v) is 7.35. The van der Waals surface area contributed by atoms with Gasteiger partial charge in [-0.25, -0.2) is 0 Å². The third-order valence-electron chi connectivity index (χ3n) is 3.59. The lowest BCUT2D eigenvalue weighted by molar-refractivity contribution is 0.102. The molecule has 0 radical (unpaired) electrons. The van der Waals surface area contributed by atoms with E-state index >= 15 is 0 Å². The molecular weight excluding hydrogens is 290 g/mol.